The molecule has 0 spiro atoms. The number of thiazole rings is 1. The highest BCUT2D eigenvalue weighted by molar-refractivity contribution is 7.11. The molecule has 0 saturated carbocycles. The van der Waals surface area contributed by atoms with E-state index in [1.54, 1.807) is 0 Å². The lowest BCUT2D eigenvalue weighted by Gasteiger charge is -2.13. The van der Waals surface area contributed by atoms with Crippen molar-refractivity contribution in [3.05, 3.63) is 15.6 Å². The minimum atomic E-state index is -4.38. The lowest BCUT2D eigenvalue weighted by molar-refractivity contribution is -0.137. The number of hydrogen-bond donors (Lipinski definition) is 2. The van der Waals surface area contributed by atoms with E-state index in [0.29, 0.717) is 0 Å². The molecule has 0 aliphatic heterocycles. The molecule has 1 heterocycles. The Morgan fingerprint density at radius 1 is 1.42 bits per heavy atom. The summed E-state index contributed by atoms with van der Waals surface area (Å²) in [6.07, 6.45) is -4.38. The normalized spacial score (nSPS) is 13.4. The SMILES string of the molecule is Cc1nc(C)c(C(C)NCC(=O)NCC(F)(F)F)s1. The molecule has 1 unspecified atom stereocenters. The van der Waals surface area contributed by atoms with E-state index >= 15 is 0 Å². The van der Waals surface area contributed by atoms with E-state index in [4.69, 9.17) is 0 Å². The number of carbonyl (C=O) groups is 1. The third kappa shape index (κ3) is 5.56. The molecule has 1 aromatic heterocycles. The molecule has 0 radical (unpaired) electrons. The number of carbonyl (C=O) groups excluding carboxylic acids is 1. The molecular weight excluding hydrogens is 279 g/mol. The van der Waals surface area contributed by atoms with Crippen molar-refractivity contribution in [1.29, 1.82) is 0 Å². The molecule has 8 heteroatoms. The zero-order chi connectivity index (χ0) is 14.6. The van der Waals surface area contributed by atoms with Gasteiger partial charge in [0, 0.05) is 10.9 Å². The molecule has 0 aliphatic rings. The predicted octanol–water partition coefficient (Wildman–Crippen LogP) is 2.09. The first-order valence-electron chi connectivity index (χ1n) is 5.70. The molecule has 4 nitrogen and oxygen atoms in total. The second-order valence-corrected chi connectivity index (χ2v) is 5.41. The van der Waals surface area contributed by atoms with Gasteiger partial charge in [0.25, 0.3) is 0 Å². The number of aromatic nitrogens is 1. The molecule has 1 rings (SSSR count). The molecule has 1 aromatic rings. The predicted molar refractivity (Wildman–Crippen MR) is 67.1 cm³/mol. The van der Waals surface area contributed by atoms with Gasteiger partial charge in [0.15, 0.2) is 0 Å². The molecule has 0 aliphatic carbocycles. The monoisotopic (exact) mass is 295 g/mol. The van der Waals surface area contributed by atoms with E-state index in [1.165, 1.54) is 11.3 Å². The largest absolute Gasteiger partial charge is 0.405 e. The highest BCUT2D eigenvalue weighted by Gasteiger charge is 2.27. The Bertz CT molecular complexity index is 445. The highest BCUT2D eigenvalue weighted by Crippen LogP contribution is 2.24. The number of nitrogens with one attached hydrogen (secondary N) is 2. The molecule has 19 heavy (non-hydrogen) atoms. The summed E-state index contributed by atoms with van der Waals surface area (Å²) in [5.74, 6) is -0.678. The molecule has 0 saturated heterocycles. The number of rotatable bonds is 5. The van der Waals surface area contributed by atoms with Crippen LogP contribution in [0, 0.1) is 13.8 Å². The van der Waals surface area contributed by atoms with Crippen LogP contribution in [-0.2, 0) is 4.79 Å². The fourth-order valence-corrected chi connectivity index (χ4v) is 2.50. The Morgan fingerprint density at radius 3 is 2.53 bits per heavy atom. The minimum Gasteiger partial charge on any atom is -0.346 e. The van der Waals surface area contributed by atoms with Crippen molar-refractivity contribution in [3.8, 4) is 0 Å². The summed E-state index contributed by atoms with van der Waals surface area (Å²) in [4.78, 5) is 16.5. The zero-order valence-electron chi connectivity index (χ0n) is 10.9. The maximum absolute atomic E-state index is 11.9. The molecule has 1 atom stereocenters. The maximum atomic E-state index is 11.9. The summed E-state index contributed by atoms with van der Waals surface area (Å²) in [7, 11) is 0. The van der Waals surface area contributed by atoms with E-state index in [2.05, 4.69) is 10.3 Å². The van der Waals surface area contributed by atoms with Crippen LogP contribution in [0.2, 0.25) is 0 Å². The van der Waals surface area contributed by atoms with Gasteiger partial charge in [0.1, 0.15) is 6.54 Å². The van der Waals surface area contributed by atoms with Crippen molar-refractivity contribution in [2.45, 2.75) is 33.0 Å². The Balaban J connectivity index is 2.40. The number of amides is 1. The van der Waals surface area contributed by atoms with Gasteiger partial charge in [-0.2, -0.15) is 13.2 Å². The number of aryl methyl sites for hydroxylation is 2. The summed E-state index contributed by atoms with van der Waals surface area (Å²) in [5.41, 5.74) is 0.873. The van der Waals surface area contributed by atoms with E-state index in [-0.39, 0.29) is 12.6 Å². The number of halogens is 3. The molecule has 0 bridgehead atoms. The van der Waals surface area contributed by atoms with Gasteiger partial charge >= 0.3 is 6.18 Å². The second kappa shape index (κ2) is 6.33. The van der Waals surface area contributed by atoms with Gasteiger partial charge in [-0.05, 0) is 20.8 Å². The average molecular weight is 295 g/mol. The van der Waals surface area contributed by atoms with E-state index < -0.39 is 18.6 Å². The standard InChI is InChI=1S/C11H16F3N3OS/c1-6(10-7(2)17-8(3)19-10)15-4-9(18)16-5-11(12,13)14/h6,15H,4-5H2,1-3H3,(H,16,18). The van der Waals surface area contributed by atoms with Crippen LogP contribution in [0.4, 0.5) is 13.2 Å². The van der Waals surface area contributed by atoms with Crippen LogP contribution in [0.1, 0.15) is 28.5 Å². The van der Waals surface area contributed by atoms with Crippen molar-refractivity contribution < 1.29 is 18.0 Å². The summed E-state index contributed by atoms with van der Waals surface area (Å²) in [6.45, 7) is 4.12. The van der Waals surface area contributed by atoms with Gasteiger partial charge in [0.2, 0.25) is 5.91 Å². The van der Waals surface area contributed by atoms with Crippen LogP contribution in [-0.4, -0.2) is 30.2 Å². The van der Waals surface area contributed by atoms with Crippen molar-refractivity contribution in [1.82, 2.24) is 15.6 Å². The van der Waals surface area contributed by atoms with Crippen LogP contribution < -0.4 is 10.6 Å². The Morgan fingerprint density at radius 2 is 2.05 bits per heavy atom. The molecule has 2 N–H and O–H groups in total. The number of nitrogens with zero attached hydrogens (tertiary/aromatic N) is 1. The zero-order valence-corrected chi connectivity index (χ0v) is 11.7. The van der Waals surface area contributed by atoms with E-state index in [0.717, 1.165) is 15.6 Å². The molecule has 1 amide bonds. The van der Waals surface area contributed by atoms with Crippen molar-refractivity contribution >= 4 is 17.2 Å². The minimum absolute atomic E-state index is 0.122. The summed E-state index contributed by atoms with van der Waals surface area (Å²) in [6, 6.07) is -0.122. The summed E-state index contributed by atoms with van der Waals surface area (Å²) >= 11 is 1.51. The van der Waals surface area contributed by atoms with Gasteiger partial charge in [-0.25, -0.2) is 4.98 Å². The van der Waals surface area contributed by atoms with Gasteiger partial charge in [-0.3, -0.25) is 4.79 Å². The van der Waals surface area contributed by atoms with Gasteiger partial charge < -0.3 is 10.6 Å². The average Bonchev–Trinajstić information content (AvgIpc) is 2.61. The molecule has 0 fully saturated rings. The topological polar surface area (TPSA) is 54.0 Å². The third-order valence-corrected chi connectivity index (χ3v) is 3.64. The first kappa shape index (κ1) is 15.9. The van der Waals surface area contributed by atoms with Crippen LogP contribution >= 0.6 is 11.3 Å². The lowest BCUT2D eigenvalue weighted by atomic mass is 10.2. The quantitative estimate of drug-likeness (QED) is 0.874. The Hall–Kier alpha value is -1.15. The summed E-state index contributed by atoms with van der Waals surface area (Å²) in [5, 5.41) is 5.61. The number of hydrogen-bond acceptors (Lipinski definition) is 4. The van der Waals surface area contributed by atoms with Gasteiger partial charge in [0.05, 0.1) is 17.2 Å². The van der Waals surface area contributed by atoms with Crippen LogP contribution in [0.15, 0.2) is 0 Å². The van der Waals surface area contributed by atoms with Crippen LogP contribution in [0.5, 0.6) is 0 Å². The first-order chi connectivity index (χ1) is 8.69. The van der Waals surface area contributed by atoms with Crippen molar-refractivity contribution in [3.63, 3.8) is 0 Å². The second-order valence-electron chi connectivity index (χ2n) is 4.18. The van der Waals surface area contributed by atoms with Crippen molar-refractivity contribution in [2.24, 2.45) is 0 Å². The number of alkyl halides is 3. The van der Waals surface area contributed by atoms with Crippen LogP contribution in [0.25, 0.3) is 0 Å². The van der Waals surface area contributed by atoms with Gasteiger partial charge in [-0.1, -0.05) is 0 Å². The highest BCUT2D eigenvalue weighted by atomic mass is 32.1. The Labute approximate surface area is 113 Å². The van der Waals surface area contributed by atoms with Gasteiger partial charge in [-0.15, -0.1) is 11.3 Å². The first-order valence-corrected chi connectivity index (χ1v) is 6.51. The van der Waals surface area contributed by atoms with Crippen molar-refractivity contribution in [2.75, 3.05) is 13.1 Å². The smallest absolute Gasteiger partial charge is 0.346 e. The fourth-order valence-electron chi connectivity index (χ4n) is 1.55. The third-order valence-electron chi connectivity index (χ3n) is 2.39. The molecule has 108 valence electrons. The Kier molecular flexibility index (Phi) is 5.30. The molecular formula is C11H16F3N3OS. The lowest BCUT2D eigenvalue weighted by Crippen LogP contribution is -2.39. The van der Waals surface area contributed by atoms with Crippen LogP contribution in [0.3, 0.4) is 0 Å². The van der Waals surface area contributed by atoms with E-state index in [1.807, 2.05) is 26.1 Å². The maximum Gasteiger partial charge on any atom is 0.405 e. The summed E-state index contributed by atoms with van der Waals surface area (Å²) < 4.78 is 35.7. The van der Waals surface area contributed by atoms with E-state index in [9.17, 15) is 18.0 Å². The molecule has 0 aromatic carbocycles. The fraction of sp³-hybridized carbons (Fsp3) is 0.636.